The summed E-state index contributed by atoms with van der Waals surface area (Å²) in [4.78, 5) is 11.9. The molecule has 0 saturated heterocycles. The van der Waals surface area contributed by atoms with Crippen LogP contribution in [0.1, 0.15) is 18.4 Å². The normalized spacial score (nSPS) is 11.8. The van der Waals surface area contributed by atoms with E-state index in [4.69, 9.17) is 4.74 Å². The summed E-state index contributed by atoms with van der Waals surface area (Å²) in [7, 11) is -3.85. The van der Waals surface area contributed by atoms with Crippen molar-refractivity contribution in [3.8, 4) is 5.75 Å². The standard InChI is InChI=1S/C20H22F4N2O4S/c1-31(28,29)26(17-5-2-4-15(14-17)20(22,23)24)12-3-6-19(27)25-11-13-30-18-9-7-16(21)8-10-18/h2,4-5,7-10,14H,3,6,11-13H2,1H3,(H,25,27). The molecule has 2 aromatic carbocycles. The Hall–Kier alpha value is -2.82. The van der Waals surface area contributed by atoms with Crippen LogP contribution in [-0.2, 0) is 21.0 Å². The van der Waals surface area contributed by atoms with Crippen molar-refractivity contribution in [2.75, 3.05) is 30.3 Å². The van der Waals surface area contributed by atoms with E-state index in [0.29, 0.717) is 5.75 Å². The number of ether oxygens (including phenoxy) is 1. The lowest BCUT2D eigenvalue weighted by Crippen LogP contribution is -2.33. The average molecular weight is 462 g/mol. The van der Waals surface area contributed by atoms with Gasteiger partial charge in [-0.1, -0.05) is 6.07 Å². The highest BCUT2D eigenvalue weighted by atomic mass is 32.2. The second kappa shape index (κ2) is 10.5. The molecule has 2 rings (SSSR count). The first kappa shape index (κ1) is 24.4. The van der Waals surface area contributed by atoms with Gasteiger partial charge in [-0.15, -0.1) is 0 Å². The Morgan fingerprint density at radius 3 is 2.42 bits per heavy atom. The second-order valence-electron chi connectivity index (χ2n) is 6.64. The molecule has 0 saturated carbocycles. The highest BCUT2D eigenvalue weighted by Gasteiger charge is 2.31. The summed E-state index contributed by atoms with van der Waals surface area (Å²) in [6, 6.07) is 9.39. The van der Waals surface area contributed by atoms with Gasteiger partial charge in [0.1, 0.15) is 18.2 Å². The molecule has 2 aromatic rings. The lowest BCUT2D eigenvalue weighted by molar-refractivity contribution is -0.137. The topological polar surface area (TPSA) is 75.7 Å². The summed E-state index contributed by atoms with van der Waals surface area (Å²) in [5.74, 6) is -0.311. The molecule has 1 amide bonds. The van der Waals surface area contributed by atoms with Crippen LogP contribution in [0.15, 0.2) is 48.5 Å². The molecular weight excluding hydrogens is 440 g/mol. The first-order valence-corrected chi connectivity index (χ1v) is 11.1. The van der Waals surface area contributed by atoms with Crippen molar-refractivity contribution in [3.05, 3.63) is 59.9 Å². The minimum absolute atomic E-state index is 0.0263. The quantitative estimate of drug-likeness (QED) is 0.433. The Bertz CT molecular complexity index is 979. The third-order valence-electron chi connectivity index (χ3n) is 4.13. The number of hydrogen-bond donors (Lipinski definition) is 1. The van der Waals surface area contributed by atoms with E-state index in [-0.39, 0.29) is 44.1 Å². The summed E-state index contributed by atoms with van der Waals surface area (Å²) >= 11 is 0. The number of halogens is 4. The number of amides is 1. The van der Waals surface area contributed by atoms with Gasteiger partial charge >= 0.3 is 6.18 Å². The van der Waals surface area contributed by atoms with Crippen molar-refractivity contribution in [2.24, 2.45) is 0 Å². The van der Waals surface area contributed by atoms with E-state index in [0.717, 1.165) is 28.8 Å². The van der Waals surface area contributed by atoms with Gasteiger partial charge in [-0.25, -0.2) is 12.8 Å². The number of sulfonamides is 1. The lowest BCUT2D eigenvalue weighted by Gasteiger charge is -2.23. The van der Waals surface area contributed by atoms with Crippen LogP contribution in [0.5, 0.6) is 5.75 Å². The zero-order chi connectivity index (χ0) is 23.1. The van der Waals surface area contributed by atoms with Crippen LogP contribution in [0.2, 0.25) is 0 Å². The Labute approximate surface area is 177 Å². The number of hydrogen-bond acceptors (Lipinski definition) is 4. The molecule has 0 aliphatic carbocycles. The van der Waals surface area contributed by atoms with Crippen molar-refractivity contribution in [2.45, 2.75) is 19.0 Å². The van der Waals surface area contributed by atoms with Crippen molar-refractivity contribution in [1.82, 2.24) is 5.32 Å². The molecule has 31 heavy (non-hydrogen) atoms. The molecule has 0 unspecified atom stereocenters. The molecule has 0 aromatic heterocycles. The van der Waals surface area contributed by atoms with E-state index in [2.05, 4.69) is 5.32 Å². The molecule has 0 heterocycles. The van der Waals surface area contributed by atoms with Crippen LogP contribution in [-0.4, -0.2) is 40.3 Å². The van der Waals surface area contributed by atoms with Gasteiger partial charge in [0, 0.05) is 13.0 Å². The number of rotatable bonds is 10. The van der Waals surface area contributed by atoms with Crippen molar-refractivity contribution < 1.29 is 35.5 Å². The summed E-state index contributed by atoms with van der Waals surface area (Å²) in [6.45, 7) is 0.177. The number of carbonyl (C=O) groups is 1. The molecule has 0 fully saturated rings. The van der Waals surface area contributed by atoms with Gasteiger partial charge in [0.25, 0.3) is 0 Å². The molecule has 0 atom stereocenters. The first-order valence-electron chi connectivity index (χ1n) is 9.27. The average Bonchev–Trinajstić information content (AvgIpc) is 2.68. The zero-order valence-corrected chi connectivity index (χ0v) is 17.5. The second-order valence-corrected chi connectivity index (χ2v) is 8.55. The predicted octanol–water partition coefficient (Wildman–Crippen LogP) is 3.59. The van der Waals surface area contributed by atoms with Crippen LogP contribution in [0.3, 0.4) is 0 Å². The Morgan fingerprint density at radius 1 is 1.13 bits per heavy atom. The molecule has 0 radical (unpaired) electrons. The summed E-state index contributed by atoms with van der Waals surface area (Å²) < 4.78 is 81.8. The first-order chi connectivity index (χ1) is 14.5. The highest BCUT2D eigenvalue weighted by Crippen LogP contribution is 2.32. The molecule has 0 aliphatic rings. The smallest absolute Gasteiger partial charge is 0.416 e. The maximum atomic E-state index is 12.9. The number of nitrogens with zero attached hydrogens (tertiary/aromatic N) is 1. The molecular formula is C20H22F4N2O4S. The predicted molar refractivity (Wildman–Crippen MR) is 108 cm³/mol. The van der Waals surface area contributed by atoms with E-state index in [1.165, 1.54) is 30.3 Å². The fourth-order valence-corrected chi connectivity index (χ4v) is 3.64. The highest BCUT2D eigenvalue weighted by molar-refractivity contribution is 7.92. The van der Waals surface area contributed by atoms with E-state index in [1.54, 1.807) is 0 Å². The van der Waals surface area contributed by atoms with Gasteiger partial charge in [0.2, 0.25) is 15.9 Å². The van der Waals surface area contributed by atoms with Crippen LogP contribution in [0, 0.1) is 5.82 Å². The fraction of sp³-hybridized carbons (Fsp3) is 0.350. The molecule has 11 heteroatoms. The van der Waals surface area contributed by atoms with Crippen LogP contribution in [0.4, 0.5) is 23.2 Å². The van der Waals surface area contributed by atoms with E-state index in [1.807, 2.05) is 0 Å². The van der Waals surface area contributed by atoms with Gasteiger partial charge in [-0.05, 0) is 48.9 Å². The van der Waals surface area contributed by atoms with Crippen LogP contribution < -0.4 is 14.4 Å². The minimum atomic E-state index is -4.60. The number of carbonyl (C=O) groups excluding carboxylic acids is 1. The van der Waals surface area contributed by atoms with Gasteiger partial charge in [0.15, 0.2) is 0 Å². The lowest BCUT2D eigenvalue weighted by atomic mass is 10.2. The third kappa shape index (κ3) is 8.08. The van der Waals surface area contributed by atoms with Crippen LogP contribution >= 0.6 is 0 Å². The third-order valence-corrected chi connectivity index (χ3v) is 5.33. The van der Waals surface area contributed by atoms with Crippen molar-refractivity contribution >= 4 is 21.6 Å². The maximum Gasteiger partial charge on any atom is 0.416 e. The SMILES string of the molecule is CS(=O)(=O)N(CCCC(=O)NCCOc1ccc(F)cc1)c1cccc(C(F)(F)F)c1. The Balaban J connectivity index is 1.83. The molecule has 170 valence electrons. The van der Waals surface area contributed by atoms with Crippen molar-refractivity contribution in [1.29, 1.82) is 0 Å². The molecule has 1 N–H and O–H groups in total. The Morgan fingerprint density at radius 2 is 1.81 bits per heavy atom. The van der Waals surface area contributed by atoms with Gasteiger partial charge in [0.05, 0.1) is 24.1 Å². The van der Waals surface area contributed by atoms with Gasteiger partial charge in [-0.3, -0.25) is 9.10 Å². The molecule has 0 spiro atoms. The monoisotopic (exact) mass is 462 g/mol. The maximum absolute atomic E-state index is 12.9. The summed E-state index contributed by atoms with van der Waals surface area (Å²) in [6.07, 6.45) is -3.63. The summed E-state index contributed by atoms with van der Waals surface area (Å²) in [5.41, 5.74) is -1.08. The number of anilines is 1. The summed E-state index contributed by atoms with van der Waals surface area (Å²) in [5, 5.41) is 2.59. The fourth-order valence-electron chi connectivity index (χ4n) is 2.69. The largest absolute Gasteiger partial charge is 0.492 e. The molecule has 6 nitrogen and oxygen atoms in total. The van der Waals surface area contributed by atoms with Gasteiger partial charge in [-0.2, -0.15) is 13.2 Å². The molecule has 0 aliphatic heterocycles. The minimum Gasteiger partial charge on any atom is -0.492 e. The van der Waals surface area contributed by atoms with Crippen LogP contribution in [0.25, 0.3) is 0 Å². The number of nitrogens with one attached hydrogen (secondary N) is 1. The van der Waals surface area contributed by atoms with E-state index < -0.39 is 27.6 Å². The van der Waals surface area contributed by atoms with E-state index in [9.17, 15) is 30.8 Å². The zero-order valence-electron chi connectivity index (χ0n) is 16.7. The van der Waals surface area contributed by atoms with Gasteiger partial charge < -0.3 is 10.1 Å². The van der Waals surface area contributed by atoms with Crippen molar-refractivity contribution in [3.63, 3.8) is 0 Å². The Kier molecular flexibility index (Phi) is 8.26. The number of alkyl halides is 3. The van der Waals surface area contributed by atoms with E-state index >= 15 is 0 Å². The molecule has 0 bridgehead atoms. The number of benzene rings is 2.